The first kappa shape index (κ1) is 65.0. The second kappa shape index (κ2) is 58.3. The Morgan fingerprint density at radius 2 is 0.643 bits per heavy atom. The van der Waals surface area contributed by atoms with Crippen LogP contribution in [0.4, 0.5) is 0 Å². The Morgan fingerprint density at radius 1 is 0.329 bits per heavy atom. The summed E-state index contributed by atoms with van der Waals surface area (Å²) in [6, 6.07) is 0. The fraction of sp³-hybridized carbons (Fsp3) is 0.508. The molecule has 70 heavy (non-hydrogen) atoms. The molecule has 0 aliphatic carbocycles. The molecule has 388 valence electrons. The molecular formula is C65H98O5. The molecule has 0 spiro atoms. The lowest BCUT2D eigenvalue weighted by Crippen LogP contribution is -2.29. The van der Waals surface area contributed by atoms with Crippen molar-refractivity contribution in [2.24, 2.45) is 0 Å². The van der Waals surface area contributed by atoms with Crippen LogP contribution in [0.2, 0.25) is 0 Å². The van der Waals surface area contributed by atoms with Gasteiger partial charge in [-0.3, -0.25) is 9.59 Å². The highest BCUT2D eigenvalue weighted by Gasteiger charge is 2.17. The van der Waals surface area contributed by atoms with Crippen LogP contribution in [0.15, 0.2) is 182 Å². The number of esters is 2. The summed E-state index contributed by atoms with van der Waals surface area (Å²) in [5.41, 5.74) is 0. The molecule has 0 amide bonds. The van der Waals surface area contributed by atoms with Gasteiger partial charge in [0.15, 0.2) is 6.10 Å². The quantitative estimate of drug-likeness (QED) is 0.0345. The molecule has 0 radical (unpaired) electrons. The van der Waals surface area contributed by atoms with Crippen LogP contribution in [0.5, 0.6) is 0 Å². The zero-order valence-corrected chi connectivity index (χ0v) is 44.4. The Hall–Kier alpha value is -5.00. The van der Waals surface area contributed by atoms with Crippen molar-refractivity contribution in [2.75, 3.05) is 19.8 Å². The third kappa shape index (κ3) is 55.6. The van der Waals surface area contributed by atoms with Gasteiger partial charge in [-0.25, -0.2) is 0 Å². The van der Waals surface area contributed by atoms with Crippen molar-refractivity contribution in [1.29, 1.82) is 0 Å². The SMILES string of the molecule is CC/C=C\C/C=C\C/C=C\C/C=C\C/C=C\C/C=C\CCC(=O)OCC(COCCCCCCCCC/C=C\C/C=C\C/C=C\C/C=C\CC)OC(=O)C/C=C\C/C=C\C/C=C\C/C=C\C/C=C\CC. The monoisotopic (exact) mass is 959 g/mol. The molecule has 0 aliphatic heterocycles. The fourth-order valence-corrected chi connectivity index (χ4v) is 6.54. The zero-order valence-electron chi connectivity index (χ0n) is 44.4. The second-order valence-corrected chi connectivity index (χ2v) is 17.0. The Balaban J connectivity index is 4.56. The van der Waals surface area contributed by atoms with E-state index < -0.39 is 6.10 Å². The van der Waals surface area contributed by atoms with Gasteiger partial charge in [-0.05, 0) is 122 Å². The van der Waals surface area contributed by atoms with Gasteiger partial charge in [0, 0.05) is 13.0 Å². The summed E-state index contributed by atoms with van der Waals surface area (Å²) in [4.78, 5) is 25.4. The van der Waals surface area contributed by atoms with E-state index in [-0.39, 0.29) is 38.0 Å². The lowest BCUT2D eigenvalue weighted by molar-refractivity contribution is -0.162. The van der Waals surface area contributed by atoms with E-state index in [0.717, 1.165) is 116 Å². The summed E-state index contributed by atoms with van der Waals surface area (Å²) < 4.78 is 17.2. The van der Waals surface area contributed by atoms with E-state index in [9.17, 15) is 9.59 Å². The first-order chi connectivity index (χ1) is 34.6. The van der Waals surface area contributed by atoms with E-state index in [2.05, 4.69) is 185 Å². The molecule has 0 N–H and O–H groups in total. The molecule has 0 bridgehead atoms. The number of unbranched alkanes of at least 4 members (excludes halogenated alkanes) is 7. The number of carbonyl (C=O) groups excluding carboxylic acids is 2. The summed E-state index contributed by atoms with van der Waals surface area (Å²) in [7, 11) is 0. The van der Waals surface area contributed by atoms with Crippen molar-refractivity contribution in [3.8, 4) is 0 Å². The van der Waals surface area contributed by atoms with Crippen LogP contribution in [-0.2, 0) is 23.8 Å². The Kier molecular flexibility index (Phi) is 54.1. The maximum Gasteiger partial charge on any atom is 0.310 e. The standard InChI is InChI=1S/C65H98O5/c1-4-7-10-13-16-19-22-25-28-30-32-34-36-39-42-45-48-51-54-57-60-68-61-63(70-65(67)59-56-53-50-47-44-41-37-27-24-21-18-15-12-9-6-3)62-69-64(66)58-55-52-49-46-43-40-38-35-33-31-29-26-23-20-17-14-11-8-5-2/h7-12,16-21,25-29,32-35,37,40,43-44,47,49,52-53,56,63H,4-6,13-15,22-24,30-31,36,38-39,41-42,45-46,48,50-51,54-55,57-62H2,1-3H3/b10-7-,11-8-,12-9-,19-16-,20-17-,21-18-,28-25-,29-26-,34-32-,35-33-,37-27-,43-40-,47-44-,52-49-,56-53-. The molecule has 0 fully saturated rings. The summed E-state index contributed by atoms with van der Waals surface area (Å²) in [6.45, 7) is 7.24. The third-order valence-electron chi connectivity index (χ3n) is 10.5. The average Bonchev–Trinajstić information content (AvgIpc) is 3.36. The Labute approximate surface area is 429 Å². The molecule has 0 aromatic rings. The molecule has 0 aromatic carbocycles. The second-order valence-electron chi connectivity index (χ2n) is 17.0. The first-order valence-electron chi connectivity index (χ1n) is 27.3. The third-order valence-corrected chi connectivity index (χ3v) is 10.5. The highest BCUT2D eigenvalue weighted by atomic mass is 16.6. The van der Waals surface area contributed by atoms with Gasteiger partial charge in [0.05, 0.1) is 13.0 Å². The van der Waals surface area contributed by atoms with Crippen molar-refractivity contribution in [3.63, 3.8) is 0 Å². The molecule has 0 aliphatic rings. The van der Waals surface area contributed by atoms with Crippen LogP contribution in [0.25, 0.3) is 0 Å². The van der Waals surface area contributed by atoms with Crippen LogP contribution in [-0.4, -0.2) is 37.9 Å². The summed E-state index contributed by atoms with van der Waals surface area (Å²) >= 11 is 0. The molecular weight excluding hydrogens is 861 g/mol. The van der Waals surface area contributed by atoms with Gasteiger partial charge in [0.2, 0.25) is 0 Å². The summed E-state index contributed by atoms with van der Waals surface area (Å²) in [5, 5.41) is 0. The Bertz CT molecular complexity index is 1650. The van der Waals surface area contributed by atoms with Crippen LogP contribution in [0, 0.1) is 0 Å². The van der Waals surface area contributed by atoms with E-state index in [1.165, 1.54) is 32.1 Å². The van der Waals surface area contributed by atoms with Gasteiger partial charge in [0.25, 0.3) is 0 Å². The average molecular weight is 959 g/mol. The molecule has 0 rings (SSSR count). The largest absolute Gasteiger partial charge is 0.462 e. The van der Waals surface area contributed by atoms with Crippen molar-refractivity contribution >= 4 is 11.9 Å². The maximum absolute atomic E-state index is 12.8. The van der Waals surface area contributed by atoms with Gasteiger partial charge in [0.1, 0.15) is 6.61 Å². The number of ether oxygens (including phenoxy) is 3. The molecule has 0 saturated carbocycles. The number of rotatable bonds is 47. The molecule has 0 aromatic heterocycles. The van der Waals surface area contributed by atoms with E-state index in [1.54, 1.807) is 0 Å². The minimum absolute atomic E-state index is 0.0130. The number of allylic oxidation sites excluding steroid dienone is 29. The van der Waals surface area contributed by atoms with E-state index in [4.69, 9.17) is 14.2 Å². The summed E-state index contributed by atoms with van der Waals surface area (Å²) in [5.74, 6) is -0.664. The van der Waals surface area contributed by atoms with E-state index in [1.807, 2.05) is 18.2 Å². The van der Waals surface area contributed by atoms with Crippen molar-refractivity contribution in [3.05, 3.63) is 182 Å². The number of hydrogen-bond donors (Lipinski definition) is 0. The van der Waals surface area contributed by atoms with Crippen LogP contribution in [0.3, 0.4) is 0 Å². The first-order valence-corrected chi connectivity index (χ1v) is 27.3. The Morgan fingerprint density at radius 3 is 1.03 bits per heavy atom. The number of hydrogen-bond acceptors (Lipinski definition) is 5. The highest BCUT2D eigenvalue weighted by Crippen LogP contribution is 2.10. The van der Waals surface area contributed by atoms with Crippen LogP contribution >= 0.6 is 0 Å². The highest BCUT2D eigenvalue weighted by molar-refractivity contribution is 5.71. The lowest BCUT2D eigenvalue weighted by atomic mass is 10.1. The van der Waals surface area contributed by atoms with Crippen LogP contribution in [0.1, 0.15) is 188 Å². The topological polar surface area (TPSA) is 61.8 Å². The van der Waals surface area contributed by atoms with Crippen molar-refractivity contribution in [2.45, 2.75) is 194 Å². The molecule has 1 unspecified atom stereocenters. The fourth-order valence-electron chi connectivity index (χ4n) is 6.54. The van der Waals surface area contributed by atoms with Crippen molar-refractivity contribution in [1.82, 2.24) is 0 Å². The minimum atomic E-state index is -0.643. The van der Waals surface area contributed by atoms with Gasteiger partial charge in [-0.15, -0.1) is 0 Å². The van der Waals surface area contributed by atoms with Crippen molar-refractivity contribution < 1.29 is 23.8 Å². The van der Waals surface area contributed by atoms with E-state index in [0.29, 0.717) is 13.0 Å². The van der Waals surface area contributed by atoms with Gasteiger partial charge in [-0.1, -0.05) is 235 Å². The molecule has 0 heterocycles. The van der Waals surface area contributed by atoms with Gasteiger partial charge < -0.3 is 14.2 Å². The van der Waals surface area contributed by atoms with Gasteiger partial charge >= 0.3 is 11.9 Å². The molecule has 0 saturated heterocycles. The predicted octanol–water partition coefficient (Wildman–Crippen LogP) is 19.0. The smallest absolute Gasteiger partial charge is 0.310 e. The van der Waals surface area contributed by atoms with E-state index >= 15 is 0 Å². The van der Waals surface area contributed by atoms with Crippen LogP contribution < -0.4 is 0 Å². The van der Waals surface area contributed by atoms with Gasteiger partial charge in [-0.2, -0.15) is 0 Å². The summed E-state index contributed by atoms with van der Waals surface area (Å²) in [6.07, 6.45) is 89.5. The zero-order chi connectivity index (χ0) is 50.6. The normalized spacial score (nSPS) is 13.7. The number of carbonyl (C=O) groups is 2. The minimum Gasteiger partial charge on any atom is -0.462 e. The maximum atomic E-state index is 12.8. The molecule has 5 nitrogen and oxygen atoms in total. The molecule has 5 heteroatoms. The lowest BCUT2D eigenvalue weighted by Gasteiger charge is -2.18. The molecule has 1 atom stereocenters. The predicted molar refractivity (Wildman–Crippen MR) is 306 cm³/mol.